The highest BCUT2D eigenvalue weighted by atomic mass is 16.2. The number of hydrogen-bond acceptors (Lipinski definition) is 5. The van der Waals surface area contributed by atoms with E-state index in [0.717, 1.165) is 11.1 Å². The minimum absolute atomic E-state index is 0.239. The number of benzene rings is 2. The van der Waals surface area contributed by atoms with E-state index < -0.39 is 47.9 Å². The van der Waals surface area contributed by atoms with Crippen molar-refractivity contribution in [3.05, 3.63) is 71.8 Å². The normalized spacial score (nSPS) is 27.7. The number of carbonyl (C=O) groups is 5. The number of amides is 5. The van der Waals surface area contributed by atoms with Crippen molar-refractivity contribution in [2.75, 3.05) is 13.1 Å². The molecular formula is C31H37N5O5. The fraction of sp³-hybridized carbons (Fsp3) is 0.452. The van der Waals surface area contributed by atoms with Crippen LogP contribution < -0.4 is 16.0 Å². The van der Waals surface area contributed by atoms with Crippen LogP contribution in [0.25, 0.3) is 0 Å². The number of carbonyl (C=O) groups excluding carboxylic acids is 5. The molecule has 3 aliphatic heterocycles. The smallest absolute Gasteiger partial charge is 0.246 e. The summed E-state index contributed by atoms with van der Waals surface area (Å²) in [4.78, 5) is 71.1. The van der Waals surface area contributed by atoms with Gasteiger partial charge < -0.3 is 25.8 Å². The molecule has 3 fully saturated rings. The zero-order chi connectivity index (χ0) is 28.9. The summed E-state index contributed by atoms with van der Waals surface area (Å²) in [5, 5.41) is 8.53. The lowest BCUT2D eigenvalue weighted by Crippen LogP contribution is -2.57. The number of fused-ring (bicyclic) bond motifs is 2. The van der Waals surface area contributed by atoms with Crippen LogP contribution in [0.4, 0.5) is 0 Å². The second kappa shape index (κ2) is 12.5. The highest BCUT2D eigenvalue weighted by molar-refractivity contribution is 5.98. The number of nitrogens with one attached hydrogen (secondary N) is 3. The molecular weight excluding hydrogens is 522 g/mol. The molecule has 0 saturated carbocycles. The summed E-state index contributed by atoms with van der Waals surface area (Å²) in [5.74, 6) is -2.03. The van der Waals surface area contributed by atoms with Crippen LogP contribution >= 0.6 is 0 Å². The van der Waals surface area contributed by atoms with E-state index in [9.17, 15) is 24.0 Å². The molecule has 41 heavy (non-hydrogen) atoms. The van der Waals surface area contributed by atoms with Crippen molar-refractivity contribution in [3.63, 3.8) is 0 Å². The lowest BCUT2D eigenvalue weighted by Gasteiger charge is -2.31. The summed E-state index contributed by atoms with van der Waals surface area (Å²) in [5.41, 5.74) is 1.73. The molecule has 5 atom stereocenters. The van der Waals surface area contributed by atoms with Gasteiger partial charge in [-0.15, -0.1) is 0 Å². The maximum Gasteiger partial charge on any atom is 0.246 e. The van der Waals surface area contributed by atoms with E-state index in [1.807, 2.05) is 60.7 Å². The lowest BCUT2D eigenvalue weighted by atomic mass is 10.0. The molecule has 0 aromatic heterocycles. The molecule has 0 aliphatic carbocycles. The highest BCUT2D eigenvalue weighted by Gasteiger charge is 2.42. The quantitative estimate of drug-likeness (QED) is 0.514. The number of hydrogen-bond donors (Lipinski definition) is 3. The summed E-state index contributed by atoms with van der Waals surface area (Å²) >= 11 is 0. The van der Waals surface area contributed by atoms with Gasteiger partial charge in [0.05, 0.1) is 0 Å². The summed E-state index contributed by atoms with van der Waals surface area (Å²) in [7, 11) is 0. The van der Waals surface area contributed by atoms with Crippen LogP contribution in [0.5, 0.6) is 0 Å². The molecule has 3 aliphatic rings. The van der Waals surface area contributed by atoms with Gasteiger partial charge >= 0.3 is 0 Å². The fourth-order valence-electron chi connectivity index (χ4n) is 6.05. The summed E-state index contributed by atoms with van der Waals surface area (Å²) < 4.78 is 0. The van der Waals surface area contributed by atoms with Gasteiger partial charge in [0.15, 0.2) is 0 Å². The highest BCUT2D eigenvalue weighted by Crippen LogP contribution is 2.23. The first kappa shape index (κ1) is 28.3. The molecule has 5 rings (SSSR count). The topological polar surface area (TPSA) is 128 Å². The van der Waals surface area contributed by atoms with Crippen molar-refractivity contribution in [2.24, 2.45) is 0 Å². The maximum atomic E-state index is 13.9. The molecule has 5 amide bonds. The third kappa shape index (κ3) is 6.42. The van der Waals surface area contributed by atoms with Gasteiger partial charge in [0, 0.05) is 25.9 Å². The summed E-state index contributed by atoms with van der Waals surface area (Å²) in [6, 6.07) is 14.5. The van der Waals surface area contributed by atoms with Crippen molar-refractivity contribution in [1.82, 2.24) is 25.8 Å². The molecule has 0 radical (unpaired) electrons. The van der Waals surface area contributed by atoms with E-state index in [-0.39, 0.29) is 24.7 Å². The molecule has 0 bridgehead atoms. The predicted molar refractivity (Wildman–Crippen MR) is 151 cm³/mol. The minimum atomic E-state index is -0.925. The van der Waals surface area contributed by atoms with E-state index in [2.05, 4.69) is 16.0 Å². The van der Waals surface area contributed by atoms with Crippen molar-refractivity contribution in [1.29, 1.82) is 0 Å². The van der Waals surface area contributed by atoms with Crippen molar-refractivity contribution >= 4 is 29.5 Å². The van der Waals surface area contributed by atoms with E-state index in [4.69, 9.17) is 0 Å². The van der Waals surface area contributed by atoms with Gasteiger partial charge in [-0.1, -0.05) is 60.7 Å². The van der Waals surface area contributed by atoms with Crippen molar-refractivity contribution in [2.45, 2.75) is 75.7 Å². The Bertz CT molecular complexity index is 1290. The summed E-state index contributed by atoms with van der Waals surface area (Å²) in [6.45, 7) is 2.32. The minimum Gasteiger partial charge on any atom is -0.343 e. The molecule has 3 saturated heterocycles. The zero-order valence-corrected chi connectivity index (χ0v) is 23.3. The van der Waals surface area contributed by atoms with Crippen LogP contribution in [0, 0.1) is 0 Å². The van der Waals surface area contributed by atoms with Crippen LogP contribution in [0.3, 0.4) is 0 Å². The fourth-order valence-corrected chi connectivity index (χ4v) is 6.05. The average Bonchev–Trinajstić information content (AvgIpc) is 3.67. The van der Waals surface area contributed by atoms with Gasteiger partial charge in [-0.05, 0) is 43.7 Å². The molecule has 10 heteroatoms. The molecule has 3 heterocycles. The van der Waals surface area contributed by atoms with E-state index in [0.29, 0.717) is 38.8 Å². The molecule has 2 aromatic carbocycles. The van der Waals surface area contributed by atoms with Gasteiger partial charge in [-0.25, -0.2) is 0 Å². The van der Waals surface area contributed by atoms with Gasteiger partial charge in [-0.3, -0.25) is 24.0 Å². The SMILES string of the molecule is CC1NC(=O)C2CCCN2C(=O)C(Cc2ccccc2)NC(=O)C2CCCN2C(=O)C(Cc2ccccc2)NC1=O. The Morgan fingerprint density at radius 1 is 0.610 bits per heavy atom. The Kier molecular flexibility index (Phi) is 8.66. The van der Waals surface area contributed by atoms with E-state index in [1.165, 1.54) is 9.80 Å². The second-order valence-electron chi connectivity index (χ2n) is 11.1. The van der Waals surface area contributed by atoms with Crippen LogP contribution in [0.15, 0.2) is 60.7 Å². The molecule has 5 unspecified atom stereocenters. The molecule has 0 spiro atoms. The molecule has 216 valence electrons. The zero-order valence-electron chi connectivity index (χ0n) is 23.3. The third-order valence-electron chi connectivity index (χ3n) is 8.22. The van der Waals surface area contributed by atoms with Crippen molar-refractivity contribution < 1.29 is 24.0 Å². The van der Waals surface area contributed by atoms with Gasteiger partial charge in [-0.2, -0.15) is 0 Å². The Balaban J connectivity index is 1.49. The van der Waals surface area contributed by atoms with Crippen LogP contribution in [0.1, 0.15) is 43.7 Å². The Hall–Kier alpha value is -4.21. The first-order valence-electron chi connectivity index (χ1n) is 14.4. The predicted octanol–water partition coefficient (Wildman–Crippen LogP) is 0.942. The lowest BCUT2D eigenvalue weighted by molar-refractivity contribution is -0.143. The monoisotopic (exact) mass is 559 g/mol. The van der Waals surface area contributed by atoms with E-state index >= 15 is 0 Å². The summed E-state index contributed by atoms with van der Waals surface area (Å²) in [6.07, 6.45) is 2.68. The maximum absolute atomic E-state index is 13.9. The molecule has 2 aromatic rings. The standard InChI is InChI=1S/C31H37N5O5/c1-20-27(37)33-23(18-21-10-4-2-5-11-21)30(40)36-17-9-15-26(36)29(39)34-24(19-22-12-6-3-7-13-22)31(41)35-16-8-14-25(35)28(38)32-20/h2-7,10-13,20,23-26H,8-9,14-19H2,1H3,(H,32,38)(H,33,37)(H,34,39). The third-order valence-corrected chi connectivity index (χ3v) is 8.22. The number of nitrogens with zero attached hydrogens (tertiary/aromatic N) is 2. The molecule has 3 N–H and O–H groups in total. The van der Waals surface area contributed by atoms with Crippen molar-refractivity contribution in [3.8, 4) is 0 Å². The Morgan fingerprint density at radius 3 is 1.49 bits per heavy atom. The van der Waals surface area contributed by atoms with Crippen LogP contribution in [0.2, 0.25) is 0 Å². The van der Waals surface area contributed by atoms with Gasteiger partial charge in [0.1, 0.15) is 30.2 Å². The second-order valence-corrected chi connectivity index (χ2v) is 11.1. The Morgan fingerprint density at radius 2 is 1.02 bits per heavy atom. The largest absolute Gasteiger partial charge is 0.343 e. The molecule has 10 nitrogen and oxygen atoms in total. The van der Waals surface area contributed by atoms with Gasteiger partial charge in [0.25, 0.3) is 0 Å². The van der Waals surface area contributed by atoms with Gasteiger partial charge in [0.2, 0.25) is 29.5 Å². The van der Waals surface area contributed by atoms with Crippen LogP contribution in [-0.4, -0.2) is 82.6 Å². The van der Waals surface area contributed by atoms with Crippen LogP contribution in [-0.2, 0) is 36.8 Å². The Labute approximate surface area is 239 Å². The first-order valence-corrected chi connectivity index (χ1v) is 14.4. The average molecular weight is 560 g/mol. The van der Waals surface area contributed by atoms with E-state index in [1.54, 1.807) is 6.92 Å². The number of rotatable bonds is 4. The first-order chi connectivity index (χ1) is 19.8.